The number of aromatic nitrogens is 2. The number of carbonyl (C=O) groups excluding carboxylic acids is 1. The summed E-state index contributed by atoms with van der Waals surface area (Å²) in [6.07, 6.45) is 2.33. The van der Waals surface area contributed by atoms with Gasteiger partial charge >= 0.3 is 6.03 Å². The van der Waals surface area contributed by atoms with E-state index in [1.807, 2.05) is 39.8 Å². The minimum absolute atomic E-state index is 0.0815. The number of pyridine rings is 1. The number of fused-ring (bicyclic) bond motifs is 2. The van der Waals surface area contributed by atoms with Gasteiger partial charge in [0.25, 0.3) is 5.56 Å². The molecule has 0 unspecified atom stereocenters. The van der Waals surface area contributed by atoms with Crippen molar-refractivity contribution in [1.82, 2.24) is 19.6 Å². The Labute approximate surface area is 135 Å². The second-order valence-corrected chi connectivity index (χ2v) is 7.08. The fourth-order valence-electron chi connectivity index (χ4n) is 2.83. The summed E-state index contributed by atoms with van der Waals surface area (Å²) in [5.41, 5.74) is 2.71. The zero-order chi connectivity index (χ0) is 16.8. The lowest BCUT2D eigenvalue weighted by molar-refractivity contribution is 0.182. The van der Waals surface area contributed by atoms with Gasteiger partial charge in [-0.1, -0.05) is 6.07 Å². The highest BCUT2D eigenvalue weighted by atomic mass is 16.2. The van der Waals surface area contributed by atoms with E-state index in [0.29, 0.717) is 30.7 Å². The largest absolute Gasteiger partial charge is 0.333 e. The van der Waals surface area contributed by atoms with E-state index in [0.717, 1.165) is 11.3 Å². The van der Waals surface area contributed by atoms with Gasteiger partial charge in [-0.3, -0.25) is 9.20 Å². The number of amides is 2. The number of nitrogens with one attached hydrogen (secondary N) is 1. The van der Waals surface area contributed by atoms with Crippen LogP contribution in [0.25, 0.3) is 5.65 Å². The van der Waals surface area contributed by atoms with Crippen LogP contribution in [0.5, 0.6) is 0 Å². The molecule has 0 atom stereocenters. The fraction of sp³-hybridized carbons (Fsp3) is 0.471. The number of nitrogens with zero attached hydrogens (tertiary/aromatic N) is 3. The predicted octanol–water partition coefficient (Wildman–Crippen LogP) is 1.87. The molecule has 0 spiro atoms. The molecule has 3 rings (SSSR count). The quantitative estimate of drug-likeness (QED) is 0.807. The molecular weight excluding hydrogens is 292 g/mol. The molecule has 1 aliphatic rings. The minimum atomic E-state index is -0.300. The maximum absolute atomic E-state index is 12.7. The van der Waals surface area contributed by atoms with E-state index in [1.54, 1.807) is 15.5 Å². The molecule has 0 aromatic carbocycles. The van der Waals surface area contributed by atoms with Crippen molar-refractivity contribution >= 4 is 11.7 Å². The molecule has 2 aromatic rings. The normalized spacial score (nSPS) is 14.7. The Morgan fingerprint density at radius 2 is 2.09 bits per heavy atom. The van der Waals surface area contributed by atoms with E-state index in [-0.39, 0.29) is 17.1 Å². The summed E-state index contributed by atoms with van der Waals surface area (Å²) >= 11 is 0. The van der Waals surface area contributed by atoms with Gasteiger partial charge in [0, 0.05) is 24.7 Å². The fourth-order valence-corrected chi connectivity index (χ4v) is 2.83. The van der Waals surface area contributed by atoms with Crippen molar-refractivity contribution < 1.29 is 4.79 Å². The lowest BCUT2D eigenvalue weighted by Gasteiger charge is -2.31. The summed E-state index contributed by atoms with van der Waals surface area (Å²) in [5.74, 6) is 0. The van der Waals surface area contributed by atoms with Crippen LogP contribution in [0, 0.1) is 6.92 Å². The SMILES string of the molecule is Cc1cccn2c(=O)c3c(nc12)CCN(C(=O)NC(C)(C)C)C3. The summed E-state index contributed by atoms with van der Waals surface area (Å²) in [7, 11) is 0. The molecule has 1 N–H and O–H groups in total. The van der Waals surface area contributed by atoms with Gasteiger partial charge in [-0.25, -0.2) is 9.78 Å². The summed E-state index contributed by atoms with van der Waals surface area (Å²) in [6.45, 7) is 8.64. The van der Waals surface area contributed by atoms with Gasteiger partial charge in [0.2, 0.25) is 0 Å². The van der Waals surface area contributed by atoms with Crippen molar-refractivity contribution in [2.75, 3.05) is 6.54 Å². The third-order valence-corrected chi connectivity index (χ3v) is 3.97. The highest BCUT2D eigenvalue weighted by Gasteiger charge is 2.27. The van der Waals surface area contributed by atoms with Gasteiger partial charge in [-0.2, -0.15) is 0 Å². The average Bonchev–Trinajstić information content (AvgIpc) is 2.47. The highest BCUT2D eigenvalue weighted by Crippen LogP contribution is 2.17. The van der Waals surface area contributed by atoms with Gasteiger partial charge in [0.1, 0.15) is 5.65 Å². The van der Waals surface area contributed by atoms with Gasteiger partial charge in [0.05, 0.1) is 17.8 Å². The van der Waals surface area contributed by atoms with E-state index in [2.05, 4.69) is 10.3 Å². The topological polar surface area (TPSA) is 66.7 Å². The van der Waals surface area contributed by atoms with Crippen LogP contribution in [-0.2, 0) is 13.0 Å². The van der Waals surface area contributed by atoms with Crippen molar-refractivity contribution in [2.24, 2.45) is 0 Å². The third-order valence-electron chi connectivity index (χ3n) is 3.97. The predicted molar refractivity (Wildman–Crippen MR) is 88.6 cm³/mol. The molecule has 6 nitrogen and oxygen atoms in total. The molecule has 1 aliphatic heterocycles. The van der Waals surface area contributed by atoms with Crippen molar-refractivity contribution in [2.45, 2.75) is 46.2 Å². The van der Waals surface area contributed by atoms with E-state index in [4.69, 9.17) is 0 Å². The first-order chi connectivity index (χ1) is 10.8. The van der Waals surface area contributed by atoms with Crippen molar-refractivity contribution in [1.29, 1.82) is 0 Å². The van der Waals surface area contributed by atoms with Crippen molar-refractivity contribution in [3.63, 3.8) is 0 Å². The van der Waals surface area contributed by atoms with E-state index in [1.165, 1.54) is 0 Å². The Kier molecular flexibility index (Phi) is 3.62. The molecular formula is C17H22N4O2. The number of hydrogen-bond acceptors (Lipinski definition) is 3. The van der Waals surface area contributed by atoms with E-state index >= 15 is 0 Å². The van der Waals surface area contributed by atoms with Crippen LogP contribution in [0.1, 0.15) is 37.6 Å². The second kappa shape index (κ2) is 5.37. The van der Waals surface area contributed by atoms with Crippen LogP contribution in [-0.4, -0.2) is 32.4 Å². The summed E-state index contributed by atoms with van der Waals surface area (Å²) in [5, 5.41) is 2.94. The van der Waals surface area contributed by atoms with Crippen LogP contribution >= 0.6 is 0 Å². The monoisotopic (exact) mass is 314 g/mol. The van der Waals surface area contributed by atoms with Crippen molar-refractivity contribution in [3.8, 4) is 0 Å². The van der Waals surface area contributed by atoms with E-state index < -0.39 is 0 Å². The first-order valence-electron chi connectivity index (χ1n) is 7.83. The molecule has 23 heavy (non-hydrogen) atoms. The molecule has 6 heteroatoms. The molecule has 3 heterocycles. The molecule has 122 valence electrons. The van der Waals surface area contributed by atoms with Crippen LogP contribution in [0.4, 0.5) is 4.79 Å². The van der Waals surface area contributed by atoms with Crippen LogP contribution in [0.15, 0.2) is 23.1 Å². The van der Waals surface area contributed by atoms with E-state index in [9.17, 15) is 9.59 Å². The Hall–Kier alpha value is -2.37. The molecule has 0 saturated heterocycles. The standard InChI is InChI=1S/C17H22N4O2/c1-11-6-5-8-21-14(11)18-13-7-9-20(10-12(13)15(21)22)16(23)19-17(2,3)4/h5-6,8H,7,9-10H2,1-4H3,(H,19,23). The maximum atomic E-state index is 12.7. The lowest BCUT2D eigenvalue weighted by atomic mass is 10.1. The Morgan fingerprint density at radius 3 is 2.78 bits per heavy atom. The molecule has 0 bridgehead atoms. The number of aryl methyl sites for hydroxylation is 1. The second-order valence-electron chi connectivity index (χ2n) is 7.08. The number of urea groups is 1. The zero-order valence-corrected chi connectivity index (χ0v) is 14.0. The summed E-state index contributed by atoms with van der Waals surface area (Å²) in [4.78, 5) is 31.4. The number of carbonyl (C=O) groups is 1. The smallest absolute Gasteiger partial charge is 0.318 e. The lowest BCUT2D eigenvalue weighted by Crippen LogP contribution is -2.50. The molecule has 0 radical (unpaired) electrons. The molecule has 0 aliphatic carbocycles. The van der Waals surface area contributed by atoms with Gasteiger partial charge in [-0.05, 0) is 39.3 Å². The Bertz CT molecular complexity index is 833. The van der Waals surface area contributed by atoms with Gasteiger partial charge in [0.15, 0.2) is 0 Å². The summed E-state index contributed by atoms with van der Waals surface area (Å²) in [6, 6.07) is 3.64. The Morgan fingerprint density at radius 1 is 1.35 bits per heavy atom. The minimum Gasteiger partial charge on any atom is -0.333 e. The zero-order valence-electron chi connectivity index (χ0n) is 14.0. The van der Waals surface area contributed by atoms with Gasteiger partial charge in [-0.15, -0.1) is 0 Å². The maximum Gasteiger partial charge on any atom is 0.318 e. The van der Waals surface area contributed by atoms with Crippen LogP contribution in [0.2, 0.25) is 0 Å². The third kappa shape index (κ3) is 2.93. The Balaban J connectivity index is 1.98. The number of hydrogen-bond donors (Lipinski definition) is 1. The molecule has 0 fully saturated rings. The van der Waals surface area contributed by atoms with Crippen LogP contribution < -0.4 is 10.9 Å². The van der Waals surface area contributed by atoms with Gasteiger partial charge < -0.3 is 10.2 Å². The first kappa shape index (κ1) is 15.5. The molecule has 0 saturated carbocycles. The number of rotatable bonds is 0. The molecule has 2 aromatic heterocycles. The van der Waals surface area contributed by atoms with Crippen LogP contribution in [0.3, 0.4) is 0 Å². The molecule has 2 amide bonds. The van der Waals surface area contributed by atoms with Crippen molar-refractivity contribution in [3.05, 3.63) is 45.5 Å². The summed E-state index contributed by atoms with van der Waals surface area (Å²) < 4.78 is 1.57. The average molecular weight is 314 g/mol. The highest BCUT2D eigenvalue weighted by molar-refractivity contribution is 5.75. The first-order valence-corrected chi connectivity index (χ1v) is 7.83.